The number of nitrogens with one attached hydrogen (secondary N) is 1. The van der Waals surface area contributed by atoms with Crippen LogP contribution in [0.2, 0.25) is 0 Å². The van der Waals surface area contributed by atoms with Gasteiger partial charge in [-0.2, -0.15) is 0 Å². The van der Waals surface area contributed by atoms with E-state index >= 15 is 0 Å². The minimum atomic E-state index is -1.48. The molecule has 0 aliphatic heterocycles. The average Bonchev–Trinajstić information content (AvgIpc) is 2.30. The Bertz CT molecular complexity index is 553. The highest BCUT2D eigenvalue weighted by Crippen LogP contribution is 2.23. The van der Waals surface area contributed by atoms with E-state index in [1.165, 1.54) is 0 Å². The fraction of sp³-hybridized carbons (Fsp3) is 0.385. The molecule has 7 heteroatoms. The van der Waals surface area contributed by atoms with Crippen molar-refractivity contribution in [2.45, 2.75) is 26.8 Å². The molecule has 20 heavy (non-hydrogen) atoms. The molecule has 1 atom stereocenters. The van der Waals surface area contributed by atoms with Crippen molar-refractivity contribution < 1.29 is 23.5 Å². The number of carboxylic acid groups (broad SMARTS) is 1. The molecule has 0 aliphatic carbocycles. The molecule has 0 saturated carbocycles. The van der Waals surface area contributed by atoms with Gasteiger partial charge in [0.2, 0.25) is 5.91 Å². The van der Waals surface area contributed by atoms with Crippen LogP contribution in [0.3, 0.4) is 0 Å². The first-order valence-electron chi connectivity index (χ1n) is 5.83. The van der Waals surface area contributed by atoms with E-state index in [0.29, 0.717) is 12.1 Å². The molecular weight excluding hydrogens is 270 g/mol. The van der Waals surface area contributed by atoms with Crippen molar-refractivity contribution in [3.05, 3.63) is 29.3 Å². The van der Waals surface area contributed by atoms with Crippen LogP contribution in [0.15, 0.2) is 12.1 Å². The van der Waals surface area contributed by atoms with E-state index in [-0.39, 0.29) is 5.69 Å². The quantitative estimate of drug-likeness (QED) is 0.792. The number of nitrogens with two attached hydrogens (primary N) is 1. The summed E-state index contributed by atoms with van der Waals surface area (Å²) in [5.74, 6) is -4.72. The van der Waals surface area contributed by atoms with Crippen molar-refractivity contribution in [3.8, 4) is 0 Å². The van der Waals surface area contributed by atoms with Crippen LogP contribution in [0, 0.1) is 17.0 Å². The van der Waals surface area contributed by atoms with Crippen LogP contribution in [0.4, 0.5) is 14.5 Å². The first kappa shape index (κ1) is 16.0. The van der Waals surface area contributed by atoms with Crippen molar-refractivity contribution in [2.24, 2.45) is 11.1 Å². The van der Waals surface area contributed by atoms with Crippen molar-refractivity contribution in [1.82, 2.24) is 0 Å². The summed E-state index contributed by atoms with van der Waals surface area (Å²) in [5.41, 5.74) is 4.27. The highest BCUT2D eigenvalue weighted by Gasteiger charge is 2.28. The molecule has 110 valence electrons. The summed E-state index contributed by atoms with van der Waals surface area (Å²) >= 11 is 0. The summed E-state index contributed by atoms with van der Waals surface area (Å²) < 4.78 is 26.2. The molecule has 1 aromatic rings. The van der Waals surface area contributed by atoms with E-state index in [1.807, 2.05) is 0 Å². The van der Waals surface area contributed by atoms with Crippen LogP contribution in [-0.2, 0) is 4.79 Å². The van der Waals surface area contributed by atoms with E-state index in [0.717, 1.165) is 0 Å². The molecule has 0 saturated heterocycles. The van der Waals surface area contributed by atoms with Crippen molar-refractivity contribution >= 4 is 17.6 Å². The van der Waals surface area contributed by atoms with Crippen LogP contribution in [-0.4, -0.2) is 23.0 Å². The second-order valence-corrected chi connectivity index (χ2v) is 5.45. The first-order valence-corrected chi connectivity index (χ1v) is 5.83. The van der Waals surface area contributed by atoms with Crippen LogP contribution in [0.25, 0.3) is 0 Å². The van der Waals surface area contributed by atoms with Crippen molar-refractivity contribution in [3.63, 3.8) is 0 Å². The summed E-state index contributed by atoms with van der Waals surface area (Å²) in [6, 6.07) is 0.194. The Kier molecular flexibility index (Phi) is 4.44. The fourth-order valence-corrected chi connectivity index (χ4v) is 1.43. The average molecular weight is 286 g/mol. The molecule has 0 radical (unpaired) electrons. The van der Waals surface area contributed by atoms with E-state index < -0.39 is 40.5 Å². The lowest BCUT2D eigenvalue weighted by atomic mass is 9.87. The number of hydrogen-bond donors (Lipinski definition) is 3. The standard InChI is InChI=1S/C13H16F2N2O3/c1-13(2,3)10(16)11(18)17-9-5-8(15)7(14)4-6(9)12(19)20/h4-5,10H,16H2,1-3H3,(H,17,18)(H,19,20)/t10-/m0/s1. The molecule has 0 unspecified atom stereocenters. The minimum Gasteiger partial charge on any atom is -0.478 e. The summed E-state index contributed by atoms with van der Waals surface area (Å²) in [5, 5.41) is 11.1. The van der Waals surface area contributed by atoms with Gasteiger partial charge in [0, 0.05) is 6.07 Å². The van der Waals surface area contributed by atoms with Crippen molar-refractivity contribution in [2.75, 3.05) is 5.32 Å². The third-order valence-electron chi connectivity index (χ3n) is 2.76. The minimum absolute atomic E-state index is 0.332. The Morgan fingerprint density at radius 3 is 2.20 bits per heavy atom. The number of carboxylic acids is 1. The Morgan fingerprint density at radius 1 is 1.25 bits per heavy atom. The number of benzene rings is 1. The first-order chi connectivity index (χ1) is 9.04. The van der Waals surface area contributed by atoms with Gasteiger partial charge in [-0.3, -0.25) is 4.79 Å². The lowest BCUT2D eigenvalue weighted by molar-refractivity contribution is -0.119. The largest absolute Gasteiger partial charge is 0.478 e. The van der Waals surface area contributed by atoms with Gasteiger partial charge < -0.3 is 16.2 Å². The Balaban J connectivity index is 3.12. The molecule has 0 spiro atoms. The monoisotopic (exact) mass is 286 g/mol. The molecule has 1 amide bonds. The van der Waals surface area contributed by atoms with E-state index in [2.05, 4.69) is 5.32 Å². The van der Waals surface area contributed by atoms with E-state index in [9.17, 15) is 18.4 Å². The van der Waals surface area contributed by atoms with Gasteiger partial charge in [0.15, 0.2) is 11.6 Å². The predicted molar refractivity (Wildman–Crippen MR) is 69.4 cm³/mol. The van der Waals surface area contributed by atoms with Gasteiger partial charge >= 0.3 is 5.97 Å². The third kappa shape index (κ3) is 3.51. The number of aromatic carboxylic acids is 1. The lowest BCUT2D eigenvalue weighted by Crippen LogP contribution is -2.45. The van der Waals surface area contributed by atoms with Gasteiger partial charge in [0.25, 0.3) is 0 Å². The normalized spacial score (nSPS) is 12.9. The van der Waals surface area contributed by atoms with Gasteiger partial charge in [-0.05, 0) is 11.5 Å². The zero-order valence-electron chi connectivity index (χ0n) is 11.3. The van der Waals surface area contributed by atoms with Gasteiger partial charge in [0.1, 0.15) is 0 Å². The van der Waals surface area contributed by atoms with Gasteiger partial charge in [-0.1, -0.05) is 20.8 Å². The number of anilines is 1. The maximum absolute atomic E-state index is 13.2. The highest BCUT2D eigenvalue weighted by atomic mass is 19.2. The molecule has 4 N–H and O–H groups in total. The Labute approximate surface area is 114 Å². The second kappa shape index (κ2) is 5.54. The summed E-state index contributed by atoms with van der Waals surface area (Å²) in [4.78, 5) is 22.8. The van der Waals surface area contributed by atoms with Crippen LogP contribution in [0.5, 0.6) is 0 Å². The molecule has 1 rings (SSSR count). The molecule has 0 aliphatic rings. The summed E-state index contributed by atoms with van der Waals surface area (Å²) in [6.07, 6.45) is 0. The molecular formula is C13H16F2N2O3. The number of halogens is 2. The number of rotatable bonds is 3. The number of hydrogen-bond acceptors (Lipinski definition) is 3. The lowest BCUT2D eigenvalue weighted by Gasteiger charge is -2.26. The zero-order chi connectivity index (χ0) is 15.7. The van der Waals surface area contributed by atoms with E-state index in [1.54, 1.807) is 20.8 Å². The zero-order valence-corrected chi connectivity index (χ0v) is 11.3. The maximum Gasteiger partial charge on any atom is 0.337 e. The maximum atomic E-state index is 13.2. The van der Waals surface area contributed by atoms with Crippen LogP contribution < -0.4 is 11.1 Å². The van der Waals surface area contributed by atoms with Gasteiger partial charge in [-0.15, -0.1) is 0 Å². The molecule has 1 aromatic carbocycles. The number of carbonyl (C=O) groups excluding carboxylic acids is 1. The fourth-order valence-electron chi connectivity index (χ4n) is 1.43. The highest BCUT2D eigenvalue weighted by molar-refractivity contribution is 6.02. The van der Waals surface area contributed by atoms with E-state index in [4.69, 9.17) is 10.8 Å². The third-order valence-corrected chi connectivity index (χ3v) is 2.76. The number of carbonyl (C=O) groups is 2. The van der Waals surface area contributed by atoms with Crippen LogP contribution in [0.1, 0.15) is 31.1 Å². The topological polar surface area (TPSA) is 92.4 Å². The SMILES string of the molecule is CC(C)(C)[C@@H](N)C(=O)Nc1cc(F)c(F)cc1C(=O)O. The van der Waals surface area contributed by atoms with Gasteiger partial charge in [0.05, 0.1) is 17.3 Å². The molecule has 0 fully saturated rings. The predicted octanol–water partition coefficient (Wildman–Crippen LogP) is 1.97. The Hall–Kier alpha value is -2.02. The second-order valence-electron chi connectivity index (χ2n) is 5.45. The summed E-state index contributed by atoms with van der Waals surface area (Å²) in [6.45, 7) is 5.17. The molecule has 0 bridgehead atoms. The molecule has 0 heterocycles. The molecule has 5 nitrogen and oxygen atoms in total. The van der Waals surface area contributed by atoms with Gasteiger partial charge in [-0.25, -0.2) is 13.6 Å². The molecule has 0 aromatic heterocycles. The smallest absolute Gasteiger partial charge is 0.337 e. The summed E-state index contributed by atoms with van der Waals surface area (Å²) in [7, 11) is 0. The number of amides is 1. The van der Waals surface area contributed by atoms with Crippen LogP contribution >= 0.6 is 0 Å². The van der Waals surface area contributed by atoms with Crippen molar-refractivity contribution in [1.29, 1.82) is 0 Å². The Morgan fingerprint density at radius 2 is 1.75 bits per heavy atom.